The summed E-state index contributed by atoms with van der Waals surface area (Å²) in [4.78, 5) is 26.0. The molecular weight excluding hydrogens is 452 g/mol. The summed E-state index contributed by atoms with van der Waals surface area (Å²) in [6.07, 6.45) is 12.7. The fourth-order valence-corrected chi connectivity index (χ4v) is 4.91. The molecule has 0 aliphatic carbocycles. The number of carbonyl (C=O) groups is 2. The normalized spacial score (nSPS) is 19.2. The van der Waals surface area contributed by atoms with Crippen LogP contribution in [0.5, 0.6) is 5.75 Å². The van der Waals surface area contributed by atoms with E-state index in [0.29, 0.717) is 42.7 Å². The number of aromatic carboxylic acids is 1. The molecule has 1 aliphatic heterocycles. The van der Waals surface area contributed by atoms with E-state index < -0.39 is 5.97 Å². The molecule has 0 saturated carbocycles. The van der Waals surface area contributed by atoms with Crippen LogP contribution in [-0.4, -0.2) is 53.2 Å². The summed E-state index contributed by atoms with van der Waals surface area (Å²) in [6.45, 7) is 12.4. The van der Waals surface area contributed by atoms with E-state index in [0.717, 1.165) is 38.6 Å². The van der Waals surface area contributed by atoms with Gasteiger partial charge in [0.05, 0.1) is 11.6 Å². The van der Waals surface area contributed by atoms with Crippen molar-refractivity contribution >= 4 is 11.9 Å². The molecule has 1 amide bonds. The van der Waals surface area contributed by atoms with Gasteiger partial charge >= 0.3 is 5.97 Å². The zero-order valence-corrected chi connectivity index (χ0v) is 23.0. The Labute approximate surface area is 218 Å². The zero-order chi connectivity index (χ0) is 26.5. The summed E-state index contributed by atoms with van der Waals surface area (Å²) >= 11 is 0. The van der Waals surface area contributed by atoms with Crippen LogP contribution in [0.3, 0.4) is 0 Å². The highest BCUT2D eigenvalue weighted by Crippen LogP contribution is 2.23. The highest BCUT2D eigenvalue weighted by molar-refractivity contribution is 5.87. The van der Waals surface area contributed by atoms with E-state index in [1.54, 1.807) is 24.3 Å². The lowest BCUT2D eigenvalue weighted by molar-refractivity contribution is -0.133. The molecule has 2 N–H and O–H groups in total. The molecule has 0 radical (unpaired) electrons. The monoisotopic (exact) mass is 500 g/mol. The van der Waals surface area contributed by atoms with Crippen LogP contribution >= 0.6 is 0 Å². The zero-order valence-electron chi connectivity index (χ0n) is 23.0. The van der Waals surface area contributed by atoms with Crippen molar-refractivity contribution in [2.45, 2.75) is 104 Å². The van der Waals surface area contributed by atoms with Crippen LogP contribution in [0.1, 0.15) is 96.3 Å². The molecule has 1 heterocycles. The van der Waals surface area contributed by atoms with Crippen molar-refractivity contribution in [1.29, 1.82) is 0 Å². The number of ether oxygens (including phenoxy) is 1. The third kappa shape index (κ3) is 10.7. The van der Waals surface area contributed by atoms with Crippen molar-refractivity contribution in [3.8, 4) is 5.75 Å². The molecule has 5 atom stereocenters. The molecule has 1 saturated heterocycles. The van der Waals surface area contributed by atoms with Crippen LogP contribution in [0.15, 0.2) is 36.4 Å². The molecule has 2 rings (SSSR count). The molecule has 202 valence electrons. The average Bonchev–Trinajstić information content (AvgIpc) is 3.33. The molecule has 6 nitrogen and oxygen atoms in total. The van der Waals surface area contributed by atoms with E-state index >= 15 is 0 Å². The smallest absolute Gasteiger partial charge is 0.335 e. The largest absolute Gasteiger partial charge is 0.491 e. The Balaban J connectivity index is 1.69. The Bertz CT molecular complexity index is 823. The number of allylic oxidation sites excluding steroid dienone is 2. The molecule has 1 aromatic rings. The first-order valence-electron chi connectivity index (χ1n) is 13.9. The van der Waals surface area contributed by atoms with Gasteiger partial charge in [-0.15, -0.1) is 0 Å². The lowest BCUT2D eigenvalue weighted by Crippen LogP contribution is -2.39. The van der Waals surface area contributed by atoms with Gasteiger partial charge in [0.2, 0.25) is 5.91 Å². The van der Waals surface area contributed by atoms with Gasteiger partial charge in [0, 0.05) is 25.0 Å². The van der Waals surface area contributed by atoms with Crippen molar-refractivity contribution in [1.82, 2.24) is 10.2 Å². The molecular formula is C30H48N2O4. The highest BCUT2D eigenvalue weighted by Gasteiger charge is 2.30. The molecule has 0 bridgehead atoms. The quantitative estimate of drug-likeness (QED) is 0.260. The number of amides is 1. The predicted molar refractivity (Wildman–Crippen MR) is 147 cm³/mol. The molecule has 1 fully saturated rings. The third-order valence-electron chi connectivity index (χ3n) is 7.18. The molecule has 5 unspecified atom stereocenters. The summed E-state index contributed by atoms with van der Waals surface area (Å²) in [5.74, 6) is 0.885. The Kier molecular flexibility index (Phi) is 13.0. The minimum Gasteiger partial charge on any atom is -0.491 e. The first-order valence-corrected chi connectivity index (χ1v) is 13.9. The lowest BCUT2D eigenvalue weighted by Gasteiger charge is -2.27. The molecule has 1 aliphatic rings. The number of hydrogen-bond acceptors (Lipinski definition) is 4. The molecule has 36 heavy (non-hydrogen) atoms. The number of benzene rings is 1. The summed E-state index contributed by atoms with van der Waals surface area (Å²) in [5, 5.41) is 12.8. The number of hydrogen-bond donors (Lipinski definition) is 2. The summed E-state index contributed by atoms with van der Waals surface area (Å²) < 4.78 is 5.88. The van der Waals surface area contributed by atoms with Gasteiger partial charge in [0.15, 0.2) is 0 Å². The second kappa shape index (κ2) is 15.7. The van der Waals surface area contributed by atoms with E-state index in [1.807, 2.05) is 4.90 Å². The van der Waals surface area contributed by atoms with Crippen molar-refractivity contribution in [3.63, 3.8) is 0 Å². The number of carboxylic acid groups (broad SMARTS) is 1. The van der Waals surface area contributed by atoms with E-state index in [9.17, 15) is 9.59 Å². The van der Waals surface area contributed by atoms with Gasteiger partial charge in [-0.3, -0.25) is 4.79 Å². The van der Waals surface area contributed by atoms with Crippen LogP contribution in [0, 0.1) is 11.8 Å². The van der Waals surface area contributed by atoms with Gasteiger partial charge in [-0.1, -0.05) is 32.9 Å². The Morgan fingerprint density at radius 3 is 2.39 bits per heavy atom. The van der Waals surface area contributed by atoms with Crippen molar-refractivity contribution in [2.75, 3.05) is 13.2 Å². The van der Waals surface area contributed by atoms with Crippen molar-refractivity contribution in [2.24, 2.45) is 11.8 Å². The molecule has 1 aromatic carbocycles. The Morgan fingerprint density at radius 1 is 1.08 bits per heavy atom. The predicted octanol–water partition coefficient (Wildman–Crippen LogP) is 6.31. The summed E-state index contributed by atoms with van der Waals surface area (Å²) in [7, 11) is 0. The number of carboxylic acids is 1. The van der Waals surface area contributed by atoms with Crippen LogP contribution in [0.4, 0.5) is 0 Å². The summed E-state index contributed by atoms with van der Waals surface area (Å²) in [5.41, 5.74) is 0.238. The van der Waals surface area contributed by atoms with E-state index in [-0.39, 0.29) is 17.5 Å². The SMILES string of the molecule is CC/C=C\C(C)CCC(C)NC(C)CCC(C)CC(=O)N1CCCC1COc1ccc(C(=O)O)cc1. The fourth-order valence-electron chi connectivity index (χ4n) is 4.91. The van der Waals surface area contributed by atoms with E-state index in [2.05, 4.69) is 52.1 Å². The third-order valence-corrected chi connectivity index (χ3v) is 7.18. The fraction of sp³-hybridized carbons (Fsp3) is 0.667. The number of likely N-dealkylation sites (tertiary alicyclic amines) is 1. The topological polar surface area (TPSA) is 78.9 Å². The maximum Gasteiger partial charge on any atom is 0.335 e. The van der Waals surface area contributed by atoms with Gasteiger partial charge in [-0.05, 0) is 94.9 Å². The number of nitrogens with one attached hydrogen (secondary N) is 1. The van der Waals surface area contributed by atoms with E-state index in [4.69, 9.17) is 9.84 Å². The number of rotatable bonds is 16. The average molecular weight is 501 g/mol. The van der Waals surface area contributed by atoms with Crippen LogP contribution in [-0.2, 0) is 4.79 Å². The number of carbonyl (C=O) groups excluding carboxylic acids is 1. The van der Waals surface area contributed by atoms with E-state index in [1.165, 1.54) is 12.8 Å². The highest BCUT2D eigenvalue weighted by atomic mass is 16.5. The first kappa shape index (κ1) is 29.9. The Morgan fingerprint density at radius 2 is 1.75 bits per heavy atom. The van der Waals surface area contributed by atoms with Crippen molar-refractivity contribution in [3.05, 3.63) is 42.0 Å². The van der Waals surface area contributed by atoms with Crippen LogP contribution < -0.4 is 10.1 Å². The van der Waals surface area contributed by atoms with Gasteiger partial charge in [-0.25, -0.2) is 4.79 Å². The Hall–Kier alpha value is -2.34. The van der Waals surface area contributed by atoms with Crippen LogP contribution in [0.2, 0.25) is 0 Å². The van der Waals surface area contributed by atoms with Crippen LogP contribution in [0.25, 0.3) is 0 Å². The first-order chi connectivity index (χ1) is 17.2. The lowest BCUT2D eigenvalue weighted by atomic mass is 9.97. The van der Waals surface area contributed by atoms with Gasteiger partial charge < -0.3 is 20.1 Å². The second-order valence-electron chi connectivity index (χ2n) is 10.8. The molecule has 0 spiro atoms. The molecule has 6 heteroatoms. The van der Waals surface area contributed by atoms with Gasteiger partial charge in [0.25, 0.3) is 0 Å². The van der Waals surface area contributed by atoms with Gasteiger partial charge in [0.1, 0.15) is 12.4 Å². The standard InChI is InChI=1S/C30H48N2O4/c1-6-7-9-22(2)11-13-24(4)31-25(5)14-12-23(3)20-29(33)32-19-8-10-27(32)21-36-28-17-15-26(16-18-28)30(34)35/h7,9,15-18,22-25,27,31H,6,8,10-14,19-21H2,1-5H3,(H,34,35)/b9-7-. The number of nitrogens with zero attached hydrogens (tertiary/aromatic N) is 1. The second-order valence-corrected chi connectivity index (χ2v) is 10.8. The van der Waals surface area contributed by atoms with Crippen molar-refractivity contribution < 1.29 is 19.4 Å². The summed E-state index contributed by atoms with van der Waals surface area (Å²) in [6, 6.07) is 7.46. The minimum atomic E-state index is -0.951. The molecule has 0 aromatic heterocycles. The van der Waals surface area contributed by atoms with Gasteiger partial charge in [-0.2, -0.15) is 0 Å². The maximum atomic E-state index is 13.0. The minimum absolute atomic E-state index is 0.0832. The maximum absolute atomic E-state index is 13.0.